The monoisotopic (exact) mass is 405 g/mol. The van der Waals surface area contributed by atoms with Crippen LogP contribution in [0.2, 0.25) is 5.02 Å². The van der Waals surface area contributed by atoms with Gasteiger partial charge in [-0.1, -0.05) is 16.7 Å². The van der Waals surface area contributed by atoms with Gasteiger partial charge in [0.05, 0.1) is 44.2 Å². The molecule has 0 spiro atoms. The Morgan fingerprint density at radius 1 is 1.11 bits per heavy atom. The molecular formula is C18H17ClFN5O3. The maximum Gasteiger partial charge on any atom is 0.323 e. The molecule has 8 nitrogen and oxygen atoms in total. The highest BCUT2D eigenvalue weighted by Gasteiger charge is 2.34. The summed E-state index contributed by atoms with van der Waals surface area (Å²) in [6.07, 6.45) is 1.55. The summed E-state index contributed by atoms with van der Waals surface area (Å²) in [6.45, 7) is 1.14. The number of hydrogen-bond donors (Lipinski definition) is 0. The molecule has 0 unspecified atom stereocenters. The van der Waals surface area contributed by atoms with E-state index >= 15 is 0 Å². The van der Waals surface area contributed by atoms with Crippen LogP contribution in [0.3, 0.4) is 0 Å². The molecule has 1 aromatic carbocycles. The van der Waals surface area contributed by atoms with Crippen molar-refractivity contribution < 1.29 is 18.6 Å². The zero-order valence-corrected chi connectivity index (χ0v) is 15.9. The lowest BCUT2D eigenvalue weighted by Crippen LogP contribution is -2.54. The summed E-state index contributed by atoms with van der Waals surface area (Å²) in [5.41, 5.74) is 0.739. The molecule has 0 atom stereocenters. The molecule has 0 aliphatic carbocycles. The minimum absolute atomic E-state index is 0.104. The first-order chi connectivity index (χ1) is 13.6. The Balaban J connectivity index is 1.50. The van der Waals surface area contributed by atoms with Crippen LogP contribution in [0.5, 0.6) is 17.6 Å². The molecule has 3 aromatic rings. The molecule has 4 rings (SSSR count). The normalized spacial score (nSPS) is 13.9. The van der Waals surface area contributed by atoms with E-state index in [2.05, 4.69) is 15.2 Å². The third kappa shape index (κ3) is 3.40. The molecule has 0 saturated carbocycles. The summed E-state index contributed by atoms with van der Waals surface area (Å²) in [6, 6.07) is 7.99. The van der Waals surface area contributed by atoms with Crippen molar-refractivity contribution >= 4 is 17.5 Å². The minimum Gasteiger partial charge on any atom is -0.485 e. The van der Waals surface area contributed by atoms with E-state index in [1.165, 1.54) is 25.3 Å². The number of rotatable bonds is 6. The highest BCUT2D eigenvalue weighted by atomic mass is 35.5. The molecule has 1 aliphatic rings. The van der Waals surface area contributed by atoms with E-state index < -0.39 is 5.82 Å². The second-order valence-corrected chi connectivity index (χ2v) is 6.51. The number of ether oxygens (including phenoxy) is 3. The maximum atomic E-state index is 13.2. The molecule has 0 bridgehead atoms. The first-order valence-corrected chi connectivity index (χ1v) is 8.83. The van der Waals surface area contributed by atoms with Gasteiger partial charge in [0.1, 0.15) is 17.7 Å². The molecule has 1 saturated heterocycles. The van der Waals surface area contributed by atoms with Gasteiger partial charge in [-0.05, 0) is 24.3 Å². The SMILES string of the molecule is COc1ccc(-n2c(OC)nnc2N2CC(Oc3ccc(F)cc3Cl)C2)cn1. The van der Waals surface area contributed by atoms with E-state index in [4.69, 9.17) is 25.8 Å². The van der Waals surface area contributed by atoms with E-state index in [0.717, 1.165) is 5.69 Å². The van der Waals surface area contributed by atoms with Crippen LogP contribution >= 0.6 is 11.6 Å². The molecule has 0 radical (unpaired) electrons. The number of nitrogens with zero attached hydrogens (tertiary/aromatic N) is 5. The van der Waals surface area contributed by atoms with Gasteiger partial charge in [-0.3, -0.25) is 0 Å². The van der Waals surface area contributed by atoms with Crippen molar-refractivity contribution in [1.82, 2.24) is 19.7 Å². The summed E-state index contributed by atoms with van der Waals surface area (Å²) < 4.78 is 31.2. The molecule has 1 aliphatic heterocycles. The van der Waals surface area contributed by atoms with Crippen molar-refractivity contribution in [2.75, 3.05) is 32.2 Å². The summed E-state index contributed by atoms with van der Waals surface area (Å²) in [7, 11) is 3.08. The second-order valence-electron chi connectivity index (χ2n) is 6.10. The van der Waals surface area contributed by atoms with E-state index in [9.17, 15) is 4.39 Å². The van der Waals surface area contributed by atoms with E-state index in [1.54, 1.807) is 23.9 Å². The Hall–Kier alpha value is -3.07. The van der Waals surface area contributed by atoms with Crippen LogP contribution in [0.4, 0.5) is 10.3 Å². The molecule has 1 fully saturated rings. The van der Waals surface area contributed by atoms with Gasteiger partial charge in [0.2, 0.25) is 11.8 Å². The number of halogens is 2. The fraction of sp³-hybridized carbons (Fsp3) is 0.278. The van der Waals surface area contributed by atoms with Gasteiger partial charge in [0, 0.05) is 6.07 Å². The number of methoxy groups -OCH3 is 2. The van der Waals surface area contributed by atoms with Crippen molar-refractivity contribution in [3.05, 3.63) is 47.4 Å². The number of hydrogen-bond acceptors (Lipinski definition) is 7. The molecule has 3 heterocycles. The zero-order chi connectivity index (χ0) is 19.7. The third-order valence-corrected chi connectivity index (χ3v) is 4.60. The molecule has 146 valence electrons. The van der Waals surface area contributed by atoms with Gasteiger partial charge >= 0.3 is 6.01 Å². The lowest BCUT2D eigenvalue weighted by atomic mass is 10.2. The molecule has 2 aromatic heterocycles. The standard InChI is InChI=1S/C18H17ClFN5O3/c1-26-16-6-4-12(8-21-16)25-17(22-23-18(25)27-2)24-9-13(10-24)28-15-5-3-11(20)7-14(15)19/h3-8,13H,9-10H2,1-2H3. The Kier molecular flexibility index (Phi) is 4.91. The van der Waals surface area contributed by atoms with Gasteiger partial charge in [0.15, 0.2) is 0 Å². The molecule has 28 heavy (non-hydrogen) atoms. The second kappa shape index (κ2) is 7.51. The number of aromatic nitrogens is 4. The third-order valence-electron chi connectivity index (χ3n) is 4.31. The highest BCUT2D eigenvalue weighted by Crippen LogP contribution is 2.31. The molecule has 0 amide bonds. The summed E-state index contributed by atoms with van der Waals surface area (Å²) in [5.74, 6) is 1.16. The number of anilines is 1. The maximum absolute atomic E-state index is 13.2. The molecular weight excluding hydrogens is 389 g/mol. The average Bonchev–Trinajstić information content (AvgIpc) is 3.09. The van der Waals surface area contributed by atoms with Crippen LogP contribution in [0.15, 0.2) is 36.5 Å². The number of benzene rings is 1. The van der Waals surface area contributed by atoms with Crippen LogP contribution < -0.4 is 19.1 Å². The van der Waals surface area contributed by atoms with E-state index in [0.29, 0.717) is 36.7 Å². The largest absolute Gasteiger partial charge is 0.485 e. The van der Waals surface area contributed by atoms with Crippen molar-refractivity contribution in [2.45, 2.75) is 6.10 Å². The van der Waals surface area contributed by atoms with Crippen LogP contribution in [-0.2, 0) is 0 Å². The Bertz CT molecular complexity index is 976. The van der Waals surface area contributed by atoms with Crippen LogP contribution in [0.1, 0.15) is 0 Å². The predicted molar refractivity (Wildman–Crippen MR) is 100 cm³/mol. The Morgan fingerprint density at radius 2 is 1.93 bits per heavy atom. The van der Waals surface area contributed by atoms with E-state index in [1.807, 2.05) is 11.0 Å². The van der Waals surface area contributed by atoms with Crippen LogP contribution in [-0.4, -0.2) is 53.2 Å². The Labute approximate surface area is 165 Å². The fourth-order valence-electron chi connectivity index (χ4n) is 2.88. The zero-order valence-electron chi connectivity index (χ0n) is 15.2. The lowest BCUT2D eigenvalue weighted by molar-refractivity contribution is 0.165. The first kappa shape index (κ1) is 18.3. The molecule has 0 N–H and O–H groups in total. The van der Waals surface area contributed by atoms with Crippen molar-refractivity contribution in [1.29, 1.82) is 0 Å². The van der Waals surface area contributed by atoms with Crippen molar-refractivity contribution in [3.63, 3.8) is 0 Å². The first-order valence-electron chi connectivity index (χ1n) is 8.45. The highest BCUT2D eigenvalue weighted by molar-refractivity contribution is 6.32. The van der Waals surface area contributed by atoms with Crippen molar-refractivity contribution in [3.8, 4) is 23.3 Å². The van der Waals surface area contributed by atoms with Gasteiger partial charge < -0.3 is 19.1 Å². The smallest absolute Gasteiger partial charge is 0.323 e. The summed E-state index contributed by atoms with van der Waals surface area (Å²) >= 11 is 6.02. The summed E-state index contributed by atoms with van der Waals surface area (Å²) in [4.78, 5) is 6.21. The van der Waals surface area contributed by atoms with Gasteiger partial charge in [0.25, 0.3) is 0 Å². The average molecular weight is 406 g/mol. The predicted octanol–water partition coefficient (Wildman–Crippen LogP) is 2.74. The molecule has 10 heteroatoms. The fourth-order valence-corrected chi connectivity index (χ4v) is 3.09. The summed E-state index contributed by atoms with van der Waals surface area (Å²) in [5, 5.41) is 8.54. The topological polar surface area (TPSA) is 74.5 Å². The van der Waals surface area contributed by atoms with Gasteiger partial charge in [-0.2, -0.15) is 0 Å². The number of pyridine rings is 1. The van der Waals surface area contributed by atoms with Gasteiger partial charge in [-0.15, -0.1) is 5.10 Å². The quantitative estimate of drug-likeness (QED) is 0.624. The Morgan fingerprint density at radius 3 is 2.57 bits per heavy atom. The van der Waals surface area contributed by atoms with Crippen molar-refractivity contribution in [2.24, 2.45) is 0 Å². The van der Waals surface area contributed by atoms with Crippen LogP contribution in [0.25, 0.3) is 5.69 Å². The van der Waals surface area contributed by atoms with E-state index in [-0.39, 0.29) is 11.1 Å². The van der Waals surface area contributed by atoms with Crippen LogP contribution in [0, 0.1) is 5.82 Å². The lowest BCUT2D eigenvalue weighted by Gasteiger charge is -2.39. The minimum atomic E-state index is -0.402. The van der Waals surface area contributed by atoms with Gasteiger partial charge in [-0.25, -0.2) is 13.9 Å².